The van der Waals surface area contributed by atoms with E-state index in [1.165, 1.54) is 32.3 Å². The molecule has 1 heterocycles. The first-order valence-corrected chi connectivity index (χ1v) is 5.27. The number of rotatable bonds is 5. The molecule has 100 valence electrons. The van der Waals surface area contributed by atoms with Crippen LogP contribution in [0, 0.1) is 0 Å². The van der Waals surface area contributed by atoms with Crippen LogP contribution in [-0.4, -0.2) is 46.0 Å². The summed E-state index contributed by atoms with van der Waals surface area (Å²) in [6, 6.07) is 1.83. The molecule has 0 fully saturated rings. The monoisotopic (exact) mass is 260 g/mol. The fraction of sp³-hybridized carbons (Fsp3) is 0.455. The average Bonchev–Trinajstić information content (AvgIpc) is 2.73. The number of nitrogens with zero attached hydrogens (tertiary/aromatic N) is 2. The normalized spacial score (nSPS) is 12.5. The molecular weight excluding hydrogens is 246 g/mol. The van der Waals surface area contributed by atoms with Crippen LogP contribution in [-0.2, 0) is 11.3 Å². The summed E-state index contributed by atoms with van der Waals surface area (Å²) in [4.78, 5) is 23.7. The zero-order chi connectivity index (χ0) is 13.9. The van der Waals surface area contributed by atoms with Crippen molar-refractivity contribution in [3.8, 4) is 0 Å². The number of carboxylic acids is 1. The van der Waals surface area contributed by atoms with Crippen molar-refractivity contribution in [3.63, 3.8) is 0 Å². The van der Waals surface area contributed by atoms with Gasteiger partial charge in [-0.2, -0.15) is 0 Å². The maximum Gasteiger partial charge on any atom is 0.326 e. The fourth-order valence-corrected chi connectivity index (χ4v) is 1.44. The Labute approximate surface area is 103 Å². The summed E-state index contributed by atoms with van der Waals surface area (Å²) in [5.74, 6) is -1.76. The van der Waals surface area contributed by atoms with Crippen LogP contribution in [0.4, 0.5) is 8.78 Å². The second-order valence-electron chi connectivity index (χ2n) is 3.87. The van der Waals surface area contributed by atoms with E-state index in [0.717, 1.165) is 9.47 Å². The first kappa shape index (κ1) is 14.1. The molecule has 0 aliphatic rings. The van der Waals surface area contributed by atoms with Crippen LogP contribution in [0.25, 0.3) is 0 Å². The zero-order valence-corrected chi connectivity index (χ0v) is 10.0. The molecule has 0 aliphatic carbocycles. The van der Waals surface area contributed by atoms with Gasteiger partial charge in [-0.05, 0) is 19.1 Å². The van der Waals surface area contributed by atoms with Crippen LogP contribution in [0.3, 0.4) is 0 Å². The minimum Gasteiger partial charge on any atom is -0.480 e. The largest absolute Gasteiger partial charge is 0.480 e. The molecule has 0 aromatic carbocycles. The van der Waals surface area contributed by atoms with Gasteiger partial charge in [-0.3, -0.25) is 4.79 Å². The lowest BCUT2D eigenvalue weighted by atomic mass is 10.2. The van der Waals surface area contributed by atoms with E-state index in [0.29, 0.717) is 0 Å². The quantitative estimate of drug-likeness (QED) is 0.868. The highest BCUT2D eigenvalue weighted by Gasteiger charge is 2.25. The summed E-state index contributed by atoms with van der Waals surface area (Å²) in [6.45, 7) is 0.754. The Morgan fingerprint density at radius 1 is 1.50 bits per heavy atom. The standard InChI is InChI=1S/C11H14F2N2O3/c1-7(11(17)18)14(2)10(16)8-4-3-5-15(8)6-9(12)13/h3-5,7,9H,6H2,1-2H3,(H,17,18). The van der Waals surface area contributed by atoms with Gasteiger partial charge < -0.3 is 14.6 Å². The number of aliphatic carboxylic acids is 1. The highest BCUT2D eigenvalue weighted by atomic mass is 19.3. The summed E-state index contributed by atoms with van der Waals surface area (Å²) in [5, 5.41) is 8.79. The van der Waals surface area contributed by atoms with Crippen molar-refractivity contribution in [1.82, 2.24) is 9.47 Å². The summed E-state index contributed by atoms with van der Waals surface area (Å²) < 4.78 is 25.7. The molecule has 1 rings (SSSR count). The number of aromatic nitrogens is 1. The molecule has 18 heavy (non-hydrogen) atoms. The molecule has 7 heteroatoms. The minimum atomic E-state index is -2.58. The van der Waals surface area contributed by atoms with Crippen LogP contribution < -0.4 is 0 Å². The number of carbonyl (C=O) groups is 2. The van der Waals surface area contributed by atoms with Gasteiger partial charge in [0.1, 0.15) is 11.7 Å². The van der Waals surface area contributed by atoms with E-state index in [-0.39, 0.29) is 5.69 Å². The lowest BCUT2D eigenvalue weighted by Crippen LogP contribution is -2.41. The molecule has 0 aliphatic heterocycles. The average molecular weight is 260 g/mol. The van der Waals surface area contributed by atoms with Gasteiger partial charge in [0.25, 0.3) is 12.3 Å². The Hall–Kier alpha value is -1.92. The molecule has 1 aromatic rings. The summed E-state index contributed by atoms with van der Waals surface area (Å²) in [6.07, 6.45) is -1.22. The predicted molar refractivity (Wildman–Crippen MR) is 59.6 cm³/mol. The Morgan fingerprint density at radius 2 is 2.11 bits per heavy atom. The molecule has 0 saturated heterocycles. The van der Waals surface area contributed by atoms with Crippen molar-refractivity contribution in [2.75, 3.05) is 7.05 Å². The number of carboxylic acid groups (broad SMARTS) is 1. The first-order valence-electron chi connectivity index (χ1n) is 5.27. The first-order chi connectivity index (χ1) is 8.34. The molecule has 0 spiro atoms. The van der Waals surface area contributed by atoms with Crippen LogP contribution in [0.15, 0.2) is 18.3 Å². The third-order valence-electron chi connectivity index (χ3n) is 2.64. The van der Waals surface area contributed by atoms with E-state index in [1.807, 2.05) is 0 Å². The number of hydrogen-bond acceptors (Lipinski definition) is 2. The number of halogens is 2. The minimum absolute atomic E-state index is 0.0471. The van der Waals surface area contributed by atoms with Crippen molar-refractivity contribution in [1.29, 1.82) is 0 Å². The smallest absolute Gasteiger partial charge is 0.326 e. The zero-order valence-electron chi connectivity index (χ0n) is 10.0. The Kier molecular flexibility index (Phi) is 4.41. The van der Waals surface area contributed by atoms with Crippen LogP contribution in [0.2, 0.25) is 0 Å². The second kappa shape index (κ2) is 5.61. The fourth-order valence-electron chi connectivity index (χ4n) is 1.44. The van der Waals surface area contributed by atoms with Gasteiger partial charge in [0, 0.05) is 13.2 Å². The maximum atomic E-state index is 12.3. The Morgan fingerprint density at radius 3 is 2.61 bits per heavy atom. The number of hydrogen-bond donors (Lipinski definition) is 1. The van der Waals surface area contributed by atoms with Crippen LogP contribution in [0.5, 0.6) is 0 Å². The SMILES string of the molecule is CC(C(=O)O)N(C)C(=O)c1cccn1CC(F)F. The lowest BCUT2D eigenvalue weighted by Gasteiger charge is -2.22. The van der Waals surface area contributed by atoms with E-state index in [4.69, 9.17) is 5.11 Å². The highest BCUT2D eigenvalue weighted by molar-refractivity contribution is 5.95. The van der Waals surface area contributed by atoms with Crippen molar-refractivity contribution < 1.29 is 23.5 Å². The Balaban J connectivity index is 2.90. The Bertz CT molecular complexity index is 445. The van der Waals surface area contributed by atoms with E-state index >= 15 is 0 Å². The molecule has 1 unspecified atom stereocenters. The predicted octanol–water partition coefficient (Wildman–Crippen LogP) is 1.30. The number of carbonyl (C=O) groups excluding carboxylic acids is 1. The van der Waals surface area contributed by atoms with Gasteiger partial charge >= 0.3 is 5.97 Å². The molecular formula is C11H14F2N2O3. The van der Waals surface area contributed by atoms with Gasteiger partial charge in [0.15, 0.2) is 0 Å². The maximum absolute atomic E-state index is 12.3. The van der Waals surface area contributed by atoms with Gasteiger partial charge in [-0.15, -0.1) is 0 Å². The third-order valence-corrected chi connectivity index (χ3v) is 2.64. The van der Waals surface area contributed by atoms with Gasteiger partial charge in [0.05, 0.1) is 6.54 Å². The molecule has 0 bridgehead atoms. The van der Waals surface area contributed by atoms with E-state index < -0.39 is 30.9 Å². The number of amides is 1. The highest BCUT2D eigenvalue weighted by Crippen LogP contribution is 2.10. The molecule has 1 atom stereocenters. The van der Waals surface area contributed by atoms with Crippen LogP contribution >= 0.6 is 0 Å². The van der Waals surface area contributed by atoms with Gasteiger partial charge in [-0.1, -0.05) is 0 Å². The van der Waals surface area contributed by atoms with E-state index in [2.05, 4.69) is 0 Å². The van der Waals surface area contributed by atoms with Crippen molar-refractivity contribution >= 4 is 11.9 Å². The summed E-state index contributed by atoms with van der Waals surface area (Å²) in [5.41, 5.74) is 0.0471. The van der Waals surface area contributed by atoms with E-state index in [9.17, 15) is 18.4 Å². The molecule has 0 radical (unpaired) electrons. The molecule has 1 aromatic heterocycles. The summed E-state index contributed by atoms with van der Waals surface area (Å²) >= 11 is 0. The number of alkyl halides is 2. The molecule has 5 nitrogen and oxygen atoms in total. The summed E-state index contributed by atoms with van der Waals surface area (Å²) in [7, 11) is 1.32. The second-order valence-corrected chi connectivity index (χ2v) is 3.87. The topological polar surface area (TPSA) is 62.5 Å². The van der Waals surface area contributed by atoms with Crippen molar-refractivity contribution in [2.24, 2.45) is 0 Å². The van der Waals surface area contributed by atoms with Gasteiger partial charge in [-0.25, -0.2) is 13.6 Å². The molecule has 0 saturated carbocycles. The van der Waals surface area contributed by atoms with Crippen molar-refractivity contribution in [2.45, 2.75) is 25.9 Å². The lowest BCUT2D eigenvalue weighted by molar-refractivity contribution is -0.141. The van der Waals surface area contributed by atoms with Crippen LogP contribution in [0.1, 0.15) is 17.4 Å². The molecule has 1 amide bonds. The molecule has 1 N–H and O–H groups in total. The third kappa shape index (κ3) is 3.06. The van der Waals surface area contributed by atoms with E-state index in [1.54, 1.807) is 0 Å². The van der Waals surface area contributed by atoms with Gasteiger partial charge in [0.2, 0.25) is 0 Å². The van der Waals surface area contributed by atoms with Crippen molar-refractivity contribution in [3.05, 3.63) is 24.0 Å². The number of likely N-dealkylation sites (N-methyl/N-ethyl adjacent to an activating group) is 1.